The normalized spacial score (nSPS) is 14.0. The molecule has 5 heteroatoms. The highest BCUT2D eigenvalue weighted by molar-refractivity contribution is 7.09. The number of anilines is 1. The highest BCUT2D eigenvalue weighted by atomic mass is 32.1. The summed E-state index contributed by atoms with van der Waals surface area (Å²) in [6.45, 7) is 6.28. The molecular weight excluding hydrogens is 198 g/mol. The van der Waals surface area contributed by atoms with Gasteiger partial charge in [-0.2, -0.15) is 0 Å². The van der Waals surface area contributed by atoms with Crippen LogP contribution in [0.3, 0.4) is 0 Å². The summed E-state index contributed by atoms with van der Waals surface area (Å²) in [6, 6.07) is 0.354. The van der Waals surface area contributed by atoms with E-state index < -0.39 is 0 Å². The SMILES string of the molecule is COC(C)(C)CC(C)Nc1cnns1. The van der Waals surface area contributed by atoms with Crippen LogP contribution >= 0.6 is 11.5 Å². The molecule has 1 unspecified atom stereocenters. The Balaban J connectivity index is 2.40. The lowest BCUT2D eigenvalue weighted by molar-refractivity contribution is 0.0128. The maximum Gasteiger partial charge on any atom is 0.130 e. The van der Waals surface area contributed by atoms with Gasteiger partial charge in [0.25, 0.3) is 0 Å². The molecular formula is C9H17N3OS. The minimum atomic E-state index is -0.0927. The predicted octanol–water partition coefficient (Wildman–Crippen LogP) is 2.15. The van der Waals surface area contributed by atoms with Crippen molar-refractivity contribution in [3.05, 3.63) is 6.20 Å². The number of methoxy groups -OCH3 is 1. The Bertz CT molecular complexity index is 261. The van der Waals surface area contributed by atoms with E-state index in [9.17, 15) is 0 Å². The van der Waals surface area contributed by atoms with Crippen LogP contribution in [-0.4, -0.2) is 28.3 Å². The summed E-state index contributed by atoms with van der Waals surface area (Å²) in [5.41, 5.74) is -0.0927. The zero-order valence-corrected chi connectivity index (χ0v) is 9.89. The first-order valence-electron chi connectivity index (χ1n) is 4.62. The van der Waals surface area contributed by atoms with Crippen molar-refractivity contribution in [3.63, 3.8) is 0 Å². The summed E-state index contributed by atoms with van der Waals surface area (Å²) in [7, 11) is 1.74. The van der Waals surface area contributed by atoms with Crippen molar-refractivity contribution in [2.24, 2.45) is 0 Å². The first-order chi connectivity index (χ1) is 6.53. The molecule has 1 atom stereocenters. The summed E-state index contributed by atoms with van der Waals surface area (Å²) < 4.78 is 9.15. The molecule has 1 aromatic rings. The van der Waals surface area contributed by atoms with Gasteiger partial charge < -0.3 is 10.1 Å². The highest BCUT2D eigenvalue weighted by Crippen LogP contribution is 2.19. The molecule has 0 fully saturated rings. The van der Waals surface area contributed by atoms with E-state index in [1.165, 1.54) is 11.5 Å². The maximum atomic E-state index is 5.36. The molecule has 0 spiro atoms. The van der Waals surface area contributed by atoms with Gasteiger partial charge in [0, 0.05) is 24.7 Å². The Kier molecular flexibility index (Phi) is 3.83. The number of aromatic nitrogens is 2. The van der Waals surface area contributed by atoms with Crippen LogP contribution in [0.5, 0.6) is 0 Å². The fourth-order valence-corrected chi connectivity index (χ4v) is 1.88. The Morgan fingerprint density at radius 2 is 2.36 bits per heavy atom. The lowest BCUT2D eigenvalue weighted by atomic mass is 10.00. The largest absolute Gasteiger partial charge is 0.379 e. The fraction of sp³-hybridized carbons (Fsp3) is 0.778. The molecule has 0 aliphatic heterocycles. The van der Waals surface area contributed by atoms with E-state index in [1.54, 1.807) is 13.3 Å². The van der Waals surface area contributed by atoms with Crippen LogP contribution in [0.15, 0.2) is 6.20 Å². The van der Waals surface area contributed by atoms with Crippen molar-refractivity contribution < 1.29 is 4.74 Å². The van der Waals surface area contributed by atoms with Gasteiger partial charge in [-0.25, -0.2) is 0 Å². The van der Waals surface area contributed by atoms with Gasteiger partial charge in [0.05, 0.1) is 11.8 Å². The van der Waals surface area contributed by atoms with E-state index in [1.807, 2.05) is 0 Å². The van der Waals surface area contributed by atoms with E-state index in [0.717, 1.165) is 11.4 Å². The van der Waals surface area contributed by atoms with Crippen LogP contribution in [0.1, 0.15) is 27.2 Å². The Labute approximate surface area is 88.8 Å². The lowest BCUT2D eigenvalue weighted by Gasteiger charge is -2.26. The molecule has 0 aliphatic rings. The van der Waals surface area contributed by atoms with Crippen LogP contribution in [0.4, 0.5) is 5.00 Å². The van der Waals surface area contributed by atoms with E-state index in [0.29, 0.717) is 6.04 Å². The summed E-state index contributed by atoms with van der Waals surface area (Å²) in [6.07, 6.45) is 2.68. The second-order valence-corrected chi connectivity index (χ2v) is 4.78. The molecule has 0 aliphatic carbocycles. The van der Waals surface area contributed by atoms with E-state index in [-0.39, 0.29) is 5.60 Å². The second kappa shape index (κ2) is 4.70. The van der Waals surface area contributed by atoms with Crippen molar-refractivity contribution in [1.29, 1.82) is 0 Å². The molecule has 4 nitrogen and oxygen atoms in total. The minimum absolute atomic E-state index is 0.0927. The number of hydrogen-bond donors (Lipinski definition) is 1. The van der Waals surface area contributed by atoms with Gasteiger partial charge in [-0.3, -0.25) is 0 Å². The monoisotopic (exact) mass is 215 g/mol. The van der Waals surface area contributed by atoms with E-state index in [4.69, 9.17) is 4.74 Å². The van der Waals surface area contributed by atoms with Gasteiger partial charge in [-0.1, -0.05) is 4.49 Å². The number of nitrogens with zero attached hydrogens (tertiary/aromatic N) is 2. The average Bonchev–Trinajstić information content (AvgIpc) is 2.55. The molecule has 1 heterocycles. The number of nitrogens with one attached hydrogen (secondary N) is 1. The molecule has 1 rings (SSSR count). The van der Waals surface area contributed by atoms with Gasteiger partial charge in [0.2, 0.25) is 0 Å². The van der Waals surface area contributed by atoms with Gasteiger partial charge in [0.1, 0.15) is 5.00 Å². The summed E-state index contributed by atoms with van der Waals surface area (Å²) in [5, 5.41) is 8.10. The average molecular weight is 215 g/mol. The van der Waals surface area contributed by atoms with Crippen LogP contribution in [0.25, 0.3) is 0 Å². The Morgan fingerprint density at radius 1 is 1.64 bits per heavy atom. The molecule has 80 valence electrons. The minimum Gasteiger partial charge on any atom is -0.379 e. The van der Waals surface area contributed by atoms with Gasteiger partial charge in [0.15, 0.2) is 0 Å². The van der Waals surface area contributed by atoms with Gasteiger partial charge in [-0.05, 0) is 27.2 Å². The van der Waals surface area contributed by atoms with Crippen LogP contribution < -0.4 is 5.32 Å². The molecule has 0 aromatic carbocycles. The zero-order valence-electron chi connectivity index (χ0n) is 9.07. The first kappa shape index (κ1) is 11.4. The molecule has 0 saturated carbocycles. The third-order valence-corrected chi connectivity index (χ3v) is 2.70. The lowest BCUT2D eigenvalue weighted by Crippen LogP contribution is -2.31. The quantitative estimate of drug-likeness (QED) is 0.817. The summed E-state index contributed by atoms with van der Waals surface area (Å²) >= 11 is 1.37. The van der Waals surface area contributed by atoms with Crippen molar-refractivity contribution in [2.75, 3.05) is 12.4 Å². The van der Waals surface area contributed by atoms with Crippen LogP contribution in [0.2, 0.25) is 0 Å². The van der Waals surface area contributed by atoms with Crippen molar-refractivity contribution in [1.82, 2.24) is 9.59 Å². The molecule has 0 saturated heterocycles. The smallest absolute Gasteiger partial charge is 0.130 e. The van der Waals surface area contributed by atoms with Crippen molar-refractivity contribution >= 4 is 16.5 Å². The standard InChI is InChI=1S/C9H17N3OS/c1-7(5-9(2,3)13-4)11-8-6-10-12-14-8/h6-7,11H,5H2,1-4H3. The Morgan fingerprint density at radius 3 is 2.86 bits per heavy atom. The highest BCUT2D eigenvalue weighted by Gasteiger charge is 2.20. The number of rotatable bonds is 5. The molecule has 0 bridgehead atoms. The molecule has 14 heavy (non-hydrogen) atoms. The van der Waals surface area contributed by atoms with Crippen LogP contribution in [0, 0.1) is 0 Å². The molecule has 0 amide bonds. The third-order valence-electron chi connectivity index (χ3n) is 2.10. The van der Waals surface area contributed by atoms with Gasteiger partial charge in [-0.15, -0.1) is 5.10 Å². The zero-order chi connectivity index (χ0) is 10.6. The Hall–Kier alpha value is -0.680. The van der Waals surface area contributed by atoms with Crippen LogP contribution in [-0.2, 0) is 4.74 Å². The predicted molar refractivity (Wildman–Crippen MR) is 58.7 cm³/mol. The van der Waals surface area contributed by atoms with Gasteiger partial charge >= 0.3 is 0 Å². The molecule has 0 radical (unpaired) electrons. The number of hydrogen-bond acceptors (Lipinski definition) is 5. The van der Waals surface area contributed by atoms with E-state index >= 15 is 0 Å². The fourth-order valence-electron chi connectivity index (χ4n) is 1.35. The number of ether oxygens (including phenoxy) is 1. The first-order valence-corrected chi connectivity index (χ1v) is 5.40. The second-order valence-electron chi connectivity index (χ2n) is 4.00. The summed E-state index contributed by atoms with van der Waals surface area (Å²) in [4.78, 5) is 0. The summed E-state index contributed by atoms with van der Waals surface area (Å²) in [5.74, 6) is 0. The molecule has 1 aromatic heterocycles. The van der Waals surface area contributed by atoms with Crippen molar-refractivity contribution in [2.45, 2.75) is 38.8 Å². The molecule has 1 N–H and O–H groups in total. The van der Waals surface area contributed by atoms with E-state index in [2.05, 4.69) is 35.7 Å². The van der Waals surface area contributed by atoms with Crippen molar-refractivity contribution in [3.8, 4) is 0 Å². The topological polar surface area (TPSA) is 47.0 Å². The third kappa shape index (κ3) is 3.59. The maximum absolute atomic E-state index is 5.36.